The maximum absolute atomic E-state index is 12.9. The molecule has 2 aromatic carbocycles. The fourth-order valence-electron chi connectivity index (χ4n) is 2.36. The molecule has 0 aliphatic rings. The van der Waals surface area contributed by atoms with E-state index in [4.69, 9.17) is 4.74 Å². The molecule has 0 fully saturated rings. The number of carbonyl (C=O) groups excluding carboxylic acids is 2. The molecule has 1 atom stereocenters. The summed E-state index contributed by atoms with van der Waals surface area (Å²) in [5, 5.41) is 0. The second-order valence-electron chi connectivity index (χ2n) is 6.11. The van der Waals surface area contributed by atoms with Crippen LogP contribution in [0.1, 0.15) is 31.9 Å². The van der Waals surface area contributed by atoms with Crippen molar-refractivity contribution >= 4 is 17.6 Å². The number of ether oxygens (including phenoxy) is 1. The Morgan fingerprint density at radius 2 is 1.50 bits per heavy atom. The van der Waals surface area contributed by atoms with Crippen LogP contribution < -0.4 is 4.90 Å². The number of amides is 1. The maximum Gasteiger partial charge on any atom is 0.307 e. The number of esters is 1. The Morgan fingerprint density at radius 1 is 0.958 bits per heavy atom. The molecule has 24 heavy (non-hydrogen) atoms. The first-order valence-corrected chi connectivity index (χ1v) is 8.06. The Balaban J connectivity index is 2.25. The van der Waals surface area contributed by atoms with Crippen molar-refractivity contribution in [2.24, 2.45) is 5.92 Å². The molecule has 2 aromatic rings. The number of likely N-dealkylation sites (N-methyl/N-ethyl adjacent to an activating group) is 1. The minimum atomic E-state index is -0.942. The Labute approximate surface area is 143 Å². The normalized spacial score (nSPS) is 11.8. The van der Waals surface area contributed by atoms with Crippen LogP contribution in [0.25, 0.3) is 0 Å². The zero-order chi connectivity index (χ0) is 17.5. The van der Waals surface area contributed by atoms with Gasteiger partial charge >= 0.3 is 5.97 Å². The van der Waals surface area contributed by atoms with Crippen molar-refractivity contribution in [1.82, 2.24) is 0 Å². The van der Waals surface area contributed by atoms with E-state index in [1.165, 1.54) is 4.90 Å². The van der Waals surface area contributed by atoms with Gasteiger partial charge in [-0.1, -0.05) is 62.4 Å². The van der Waals surface area contributed by atoms with Gasteiger partial charge in [0.25, 0.3) is 5.91 Å². The highest BCUT2D eigenvalue weighted by Crippen LogP contribution is 2.24. The summed E-state index contributed by atoms with van der Waals surface area (Å²) in [5.41, 5.74) is 1.42. The van der Waals surface area contributed by atoms with Crippen LogP contribution in [0.2, 0.25) is 0 Å². The second kappa shape index (κ2) is 8.29. The molecular formula is C20H23NO3. The molecular weight excluding hydrogens is 302 g/mol. The number of hydrogen-bond acceptors (Lipinski definition) is 3. The van der Waals surface area contributed by atoms with Gasteiger partial charge in [-0.2, -0.15) is 0 Å². The summed E-state index contributed by atoms with van der Waals surface area (Å²) in [4.78, 5) is 26.5. The summed E-state index contributed by atoms with van der Waals surface area (Å²) < 4.78 is 5.52. The summed E-state index contributed by atoms with van der Waals surface area (Å²) in [6.07, 6.45) is -0.659. The first-order valence-electron chi connectivity index (χ1n) is 8.06. The molecule has 4 nitrogen and oxygen atoms in total. The lowest BCUT2D eigenvalue weighted by Gasteiger charge is -2.24. The minimum absolute atomic E-state index is 0.177. The van der Waals surface area contributed by atoms with Crippen molar-refractivity contribution in [1.29, 1.82) is 0 Å². The third kappa shape index (κ3) is 4.69. The molecule has 1 amide bonds. The fourth-order valence-corrected chi connectivity index (χ4v) is 2.36. The van der Waals surface area contributed by atoms with Crippen LogP contribution in [-0.2, 0) is 14.3 Å². The van der Waals surface area contributed by atoms with Crippen LogP contribution in [0.15, 0.2) is 60.7 Å². The van der Waals surface area contributed by atoms with Crippen molar-refractivity contribution < 1.29 is 14.3 Å². The highest BCUT2D eigenvalue weighted by Gasteiger charge is 2.28. The molecule has 0 spiro atoms. The standard InChI is InChI=1S/C20H23NO3/c1-15(2)14-18(22)24-19(16-10-6-4-7-11-16)20(23)21(3)17-12-8-5-9-13-17/h4-13,15,19H,14H2,1-3H3/t19-/m0/s1. The lowest BCUT2D eigenvalue weighted by molar-refractivity contribution is -0.156. The van der Waals surface area contributed by atoms with E-state index in [1.54, 1.807) is 19.2 Å². The molecule has 0 N–H and O–H groups in total. The Kier molecular flexibility index (Phi) is 6.13. The number of benzene rings is 2. The van der Waals surface area contributed by atoms with Gasteiger partial charge in [0.1, 0.15) is 0 Å². The van der Waals surface area contributed by atoms with Crippen molar-refractivity contribution in [2.45, 2.75) is 26.4 Å². The van der Waals surface area contributed by atoms with E-state index < -0.39 is 6.10 Å². The highest BCUT2D eigenvalue weighted by atomic mass is 16.5. The third-order valence-corrected chi connectivity index (χ3v) is 3.62. The highest BCUT2D eigenvalue weighted by molar-refractivity contribution is 5.97. The van der Waals surface area contributed by atoms with Crippen molar-refractivity contribution in [3.63, 3.8) is 0 Å². The molecule has 2 rings (SSSR count). The first kappa shape index (κ1) is 17.7. The number of rotatable bonds is 6. The summed E-state index contributed by atoms with van der Waals surface area (Å²) >= 11 is 0. The smallest absolute Gasteiger partial charge is 0.307 e. The summed E-state index contributed by atoms with van der Waals surface area (Å²) in [6, 6.07) is 18.4. The van der Waals surface area contributed by atoms with Crippen LogP contribution in [0.5, 0.6) is 0 Å². The fraction of sp³-hybridized carbons (Fsp3) is 0.300. The van der Waals surface area contributed by atoms with Crippen molar-refractivity contribution in [3.05, 3.63) is 66.2 Å². The van der Waals surface area contributed by atoms with Crippen LogP contribution in [0.4, 0.5) is 5.69 Å². The van der Waals surface area contributed by atoms with Gasteiger partial charge in [0.2, 0.25) is 6.10 Å². The number of nitrogens with zero attached hydrogens (tertiary/aromatic N) is 1. The van der Waals surface area contributed by atoms with E-state index in [0.29, 0.717) is 5.56 Å². The molecule has 0 saturated carbocycles. The van der Waals surface area contributed by atoms with E-state index in [2.05, 4.69) is 0 Å². The molecule has 0 bridgehead atoms. The Bertz CT molecular complexity index is 668. The SMILES string of the molecule is CC(C)CC(=O)O[C@H](C(=O)N(C)c1ccccc1)c1ccccc1. The van der Waals surface area contributed by atoms with Gasteiger partial charge in [0.15, 0.2) is 0 Å². The number of hydrogen-bond donors (Lipinski definition) is 0. The van der Waals surface area contributed by atoms with Gasteiger partial charge in [0, 0.05) is 24.7 Å². The summed E-state index contributed by atoms with van der Waals surface area (Å²) in [5.74, 6) is -0.464. The zero-order valence-electron chi connectivity index (χ0n) is 14.3. The Morgan fingerprint density at radius 3 is 2.04 bits per heavy atom. The summed E-state index contributed by atoms with van der Waals surface area (Å²) in [7, 11) is 1.68. The molecule has 4 heteroatoms. The van der Waals surface area contributed by atoms with Gasteiger partial charge < -0.3 is 9.64 Å². The number of para-hydroxylation sites is 1. The van der Waals surface area contributed by atoms with E-state index in [1.807, 2.05) is 62.4 Å². The van der Waals surface area contributed by atoms with Crippen LogP contribution in [-0.4, -0.2) is 18.9 Å². The predicted molar refractivity (Wildman–Crippen MR) is 94.6 cm³/mol. The van der Waals surface area contributed by atoms with Gasteiger partial charge in [-0.3, -0.25) is 9.59 Å². The molecule has 0 unspecified atom stereocenters. The quantitative estimate of drug-likeness (QED) is 0.755. The molecule has 0 aromatic heterocycles. The zero-order valence-corrected chi connectivity index (χ0v) is 14.3. The topological polar surface area (TPSA) is 46.6 Å². The van der Waals surface area contributed by atoms with E-state index in [0.717, 1.165) is 5.69 Å². The molecule has 0 radical (unpaired) electrons. The second-order valence-corrected chi connectivity index (χ2v) is 6.11. The monoisotopic (exact) mass is 325 g/mol. The average Bonchev–Trinajstić information content (AvgIpc) is 2.59. The maximum atomic E-state index is 12.9. The predicted octanol–water partition coefficient (Wildman–Crippen LogP) is 3.98. The number of carbonyl (C=O) groups is 2. The minimum Gasteiger partial charge on any atom is -0.447 e. The molecule has 0 aliphatic heterocycles. The lowest BCUT2D eigenvalue weighted by Crippen LogP contribution is -2.34. The van der Waals surface area contributed by atoms with Crippen LogP contribution in [0, 0.1) is 5.92 Å². The average molecular weight is 325 g/mol. The summed E-state index contributed by atoms with van der Waals surface area (Å²) in [6.45, 7) is 3.88. The first-order chi connectivity index (χ1) is 11.5. The van der Waals surface area contributed by atoms with Crippen molar-refractivity contribution in [3.8, 4) is 0 Å². The molecule has 0 saturated heterocycles. The van der Waals surface area contributed by atoms with Gasteiger partial charge in [-0.15, -0.1) is 0 Å². The van der Waals surface area contributed by atoms with Crippen LogP contribution >= 0.6 is 0 Å². The molecule has 0 aliphatic carbocycles. The van der Waals surface area contributed by atoms with E-state index in [9.17, 15) is 9.59 Å². The van der Waals surface area contributed by atoms with Gasteiger partial charge in [0.05, 0.1) is 0 Å². The largest absolute Gasteiger partial charge is 0.447 e. The third-order valence-electron chi connectivity index (χ3n) is 3.62. The van der Waals surface area contributed by atoms with Crippen molar-refractivity contribution in [2.75, 3.05) is 11.9 Å². The Hall–Kier alpha value is -2.62. The van der Waals surface area contributed by atoms with E-state index >= 15 is 0 Å². The van der Waals surface area contributed by atoms with Crippen LogP contribution in [0.3, 0.4) is 0 Å². The number of anilines is 1. The van der Waals surface area contributed by atoms with Gasteiger partial charge in [-0.05, 0) is 18.1 Å². The van der Waals surface area contributed by atoms with Gasteiger partial charge in [-0.25, -0.2) is 0 Å². The molecule has 0 heterocycles. The van der Waals surface area contributed by atoms with E-state index in [-0.39, 0.29) is 24.2 Å². The molecule has 126 valence electrons. The lowest BCUT2D eigenvalue weighted by atomic mass is 10.1.